The summed E-state index contributed by atoms with van der Waals surface area (Å²) in [5.74, 6) is -2.80. The van der Waals surface area contributed by atoms with E-state index in [1.807, 2.05) is 48.5 Å². The number of carbonyl (C=O) groups is 4. The van der Waals surface area contributed by atoms with Crippen molar-refractivity contribution in [2.45, 2.75) is 51.7 Å². The second kappa shape index (κ2) is 11.0. The molecule has 9 nitrogen and oxygen atoms in total. The van der Waals surface area contributed by atoms with Gasteiger partial charge in [0.25, 0.3) is 0 Å². The lowest BCUT2D eigenvalue weighted by Gasteiger charge is -2.24. The van der Waals surface area contributed by atoms with Crippen molar-refractivity contribution in [3.8, 4) is 11.1 Å². The number of carboxylic acids is 1. The van der Waals surface area contributed by atoms with E-state index in [9.17, 15) is 19.2 Å². The number of ether oxygens (including phenoxy) is 1. The van der Waals surface area contributed by atoms with Crippen LogP contribution in [0.2, 0.25) is 0 Å². The Morgan fingerprint density at radius 1 is 0.800 bits per heavy atom. The number of hydrogen-bond donors (Lipinski definition) is 4. The first-order valence-corrected chi connectivity index (χ1v) is 11.5. The average molecular weight is 482 g/mol. The molecule has 3 unspecified atom stereocenters. The molecule has 186 valence electrons. The number of aliphatic carboxylic acids is 1. The summed E-state index contributed by atoms with van der Waals surface area (Å²) in [4.78, 5) is 48.5. The second-order valence-corrected chi connectivity index (χ2v) is 8.99. The topological polar surface area (TPSA) is 134 Å². The van der Waals surface area contributed by atoms with Crippen LogP contribution in [0.25, 0.3) is 11.1 Å². The second-order valence-electron chi connectivity index (χ2n) is 8.99. The highest BCUT2D eigenvalue weighted by Crippen LogP contribution is 2.44. The lowest BCUT2D eigenvalue weighted by atomic mass is 9.98. The minimum absolute atomic E-state index is 0.109. The van der Waals surface area contributed by atoms with Gasteiger partial charge in [-0.2, -0.15) is 0 Å². The van der Waals surface area contributed by atoms with Crippen LogP contribution >= 0.6 is 0 Å². The average Bonchev–Trinajstić information content (AvgIpc) is 3.14. The molecule has 0 saturated heterocycles. The summed E-state index contributed by atoms with van der Waals surface area (Å²) in [6.07, 6.45) is -0.750. The number of nitrogens with one attached hydrogen (secondary N) is 3. The van der Waals surface area contributed by atoms with E-state index in [2.05, 4.69) is 16.0 Å². The van der Waals surface area contributed by atoms with Crippen LogP contribution in [0.1, 0.15) is 44.7 Å². The number of carbonyl (C=O) groups excluding carboxylic acids is 3. The molecule has 0 aliphatic heterocycles. The van der Waals surface area contributed by atoms with Crippen molar-refractivity contribution in [2.75, 3.05) is 6.61 Å². The van der Waals surface area contributed by atoms with Gasteiger partial charge in [0.15, 0.2) is 0 Å². The Kier molecular flexibility index (Phi) is 8.11. The molecule has 0 aromatic heterocycles. The molecule has 9 heteroatoms. The minimum atomic E-state index is -1.18. The van der Waals surface area contributed by atoms with Crippen molar-refractivity contribution < 1.29 is 29.0 Å². The van der Waals surface area contributed by atoms with Crippen molar-refractivity contribution in [1.29, 1.82) is 0 Å². The van der Waals surface area contributed by atoms with Gasteiger partial charge in [-0.05, 0) is 42.0 Å². The number of alkyl carbamates (subject to hydrolysis) is 1. The molecular formula is C26H31N3O6. The molecule has 35 heavy (non-hydrogen) atoms. The fourth-order valence-corrected chi connectivity index (χ4v) is 4.06. The third-order valence-electron chi connectivity index (χ3n) is 6.05. The Morgan fingerprint density at radius 2 is 1.34 bits per heavy atom. The highest BCUT2D eigenvalue weighted by molar-refractivity contribution is 5.92. The van der Waals surface area contributed by atoms with E-state index in [1.54, 1.807) is 13.8 Å². The zero-order chi connectivity index (χ0) is 25.7. The number of rotatable bonds is 9. The zero-order valence-electron chi connectivity index (χ0n) is 20.2. The standard InChI is InChI=1S/C26H31N3O6/c1-14(2)22(24(31)27-16(4)25(32)33)29-23(30)15(3)28-26(34)35-13-21-19-11-7-5-9-17(19)18-10-6-8-12-20(18)21/h5-12,14-16,21-22H,13H2,1-4H3,(H,27,31)(H,28,34)(H,29,30)(H,32,33). The van der Waals surface area contributed by atoms with Gasteiger partial charge in [0.2, 0.25) is 11.8 Å². The van der Waals surface area contributed by atoms with Gasteiger partial charge in [-0.15, -0.1) is 0 Å². The van der Waals surface area contributed by atoms with E-state index in [1.165, 1.54) is 13.8 Å². The van der Waals surface area contributed by atoms with Crippen LogP contribution in [0.4, 0.5) is 4.79 Å². The van der Waals surface area contributed by atoms with E-state index in [4.69, 9.17) is 9.84 Å². The number of hydrogen-bond acceptors (Lipinski definition) is 5. The Hall–Kier alpha value is -3.88. The van der Waals surface area contributed by atoms with Gasteiger partial charge in [0, 0.05) is 5.92 Å². The number of benzene rings is 2. The molecule has 3 atom stereocenters. The van der Waals surface area contributed by atoms with Crippen molar-refractivity contribution >= 4 is 23.9 Å². The quantitative estimate of drug-likeness (QED) is 0.435. The van der Waals surface area contributed by atoms with Crippen molar-refractivity contribution in [2.24, 2.45) is 5.92 Å². The summed E-state index contributed by atoms with van der Waals surface area (Å²) in [5, 5.41) is 16.4. The van der Waals surface area contributed by atoms with E-state index >= 15 is 0 Å². The molecule has 0 saturated carbocycles. The fourth-order valence-electron chi connectivity index (χ4n) is 4.06. The van der Waals surface area contributed by atoms with Gasteiger partial charge in [-0.3, -0.25) is 14.4 Å². The Morgan fingerprint density at radius 3 is 1.86 bits per heavy atom. The summed E-state index contributed by atoms with van der Waals surface area (Å²) < 4.78 is 5.46. The van der Waals surface area contributed by atoms with E-state index in [0.717, 1.165) is 22.3 Å². The maximum atomic E-state index is 12.6. The molecule has 3 rings (SSSR count). The van der Waals surface area contributed by atoms with Crippen molar-refractivity contribution in [3.05, 3.63) is 59.7 Å². The predicted octanol–water partition coefficient (Wildman–Crippen LogP) is 2.64. The van der Waals surface area contributed by atoms with Crippen LogP contribution in [-0.2, 0) is 19.1 Å². The van der Waals surface area contributed by atoms with Crippen LogP contribution in [0.3, 0.4) is 0 Å². The number of fused-ring (bicyclic) bond motifs is 3. The van der Waals surface area contributed by atoms with Gasteiger partial charge >= 0.3 is 12.1 Å². The van der Waals surface area contributed by atoms with Crippen LogP contribution in [0.5, 0.6) is 0 Å². The molecule has 1 aliphatic rings. The maximum absolute atomic E-state index is 12.6. The van der Waals surface area contributed by atoms with Crippen LogP contribution in [-0.4, -0.2) is 53.7 Å². The molecular weight excluding hydrogens is 450 g/mol. The van der Waals surface area contributed by atoms with E-state index in [-0.39, 0.29) is 18.4 Å². The molecule has 0 bridgehead atoms. The van der Waals surface area contributed by atoms with Crippen molar-refractivity contribution in [3.63, 3.8) is 0 Å². The maximum Gasteiger partial charge on any atom is 0.407 e. The number of amides is 3. The largest absolute Gasteiger partial charge is 0.480 e. The SMILES string of the molecule is CC(NC(=O)C(NC(=O)C(C)NC(=O)OCC1c2ccccc2-c2ccccc21)C(C)C)C(=O)O. The summed E-state index contributed by atoms with van der Waals surface area (Å²) in [7, 11) is 0. The highest BCUT2D eigenvalue weighted by atomic mass is 16.5. The first-order chi connectivity index (χ1) is 16.6. The van der Waals surface area contributed by atoms with Gasteiger partial charge < -0.3 is 25.8 Å². The van der Waals surface area contributed by atoms with E-state index in [0.29, 0.717) is 0 Å². The minimum Gasteiger partial charge on any atom is -0.480 e. The summed E-state index contributed by atoms with van der Waals surface area (Å²) in [6.45, 7) is 6.37. The summed E-state index contributed by atoms with van der Waals surface area (Å²) in [5.41, 5.74) is 4.38. The van der Waals surface area contributed by atoms with Gasteiger partial charge in [0.05, 0.1) is 0 Å². The molecule has 0 heterocycles. The third kappa shape index (κ3) is 5.98. The van der Waals surface area contributed by atoms with E-state index < -0.39 is 42.0 Å². The Balaban J connectivity index is 1.57. The molecule has 0 radical (unpaired) electrons. The summed E-state index contributed by atoms with van der Waals surface area (Å²) in [6, 6.07) is 12.9. The fraction of sp³-hybridized carbons (Fsp3) is 0.385. The predicted molar refractivity (Wildman–Crippen MR) is 130 cm³/mol. The lowest BCUT2D eigenvalue weighted by Crippen LogP contribution is -2.56. The van der Waals surface area contributed by atoms with Gasteiger partial charge in [-0.25, -0.2) is 4.79 Å². The molecule has 3 amide bonds. The first-order valence-electron chi connectivity index (χ1n) is 11.5. The Bertz CT molecular complexity index is 1070. The zero-order valence-corrected chi connectivity index (χ0v) is 20.2. The molecule has 2 aromatic rings. The van der Waals surface area contributed by atoms with Gasteiger partial charge in [0.1, 0.15) is 24.7 Å². The monoisotopic (exact) mass is 481 g/mol. The normalized spacial score (nSPS) is 14.8. The van der Waals surface area contributed by atoms with Crippen LogP contribution in [0.15, 0.2) is 48.5 Å². The molecule has 0 fully saturated rings. The van der Waals surface area contributed by atoms with Gasteiger partial charge in [-0.1, -0.05) is 62.4 Å². The Labute approximate surface area is 204 Å². The molecule has 0 spiro atoms. The van der Waals surface area contributed by atoms with Crippen LogP contribution < -0.4 is 16.0 Å². The smallest absolute Gasteiger partial charge is 0.407 e. The first kappa shape index (κ1) is 25.7. The molecule has 2 aromatic carbocycles. The third-order valence-corrected chi connectivity index (χ3v) is 6.05. The van der Waals surface area contributed by atoms with Crippen molar-refractivity contribution in [1.82, 2.24) is 16.0 Å². The molecule has 4 N–H and O–H groups in total. The lowest BCUT2D eigenvalue weighted by molar-refractivity contribution is -0.142. The van der Waals surface area contributed by atoms with Crippen LogP contribution in [0, 0.1) is 5.92 Å². The summed E-state index contributed by atoms with van der Waals surface area (Å²) >= 11 is 0. The highest BCUT2D eigenvalue weighted by Gasteiger charge is 2.31. The molecule has 1 aliphatic carbocycles. The number of carboxylic acid groups (broad SMARTS) is 1.